The van der Waals surface area contributed by atoms with Gasteiger partial charge < -0.3 is 9.52 Å². The molecule has 3 aliphatic rings. The third-order valence-electron chi connectivity index (χ3n) is 6.91. The summed E-state index contributed by atoms with van der Waals surface area (Å²) in [5.74, 6) is 0.878. The van der Waals surface area contributed by atoms with Gasteiger partial charge in [0.2, 0.25) is 10.0 Å². The number of benzene rings is 1. The van der Waals surface area contributed by atoms with E-state index in [1.54, 1.807) is 6.07 Å². The van der Waals surface area contributed by atoms with E-state index < -0.39 is 15.6 Å². The standard InChI is InChI=1S/C24H29NO5S/c26-23-19-9-3-1-2-4-10-20(19)30-24(27)22(23)21(16-11-12-16)17-7-5-8-18(15-17)25-13-6-14-31(25,28)29/h5,7-8,15-16,21,26H,1-4,6,9-14H2. The highest BCUT2D eigenvalue weighted by molar-refractivity contribution is 7.93. The molecule has 6 nitrogen and oxygen atoms in total. The molecule has 0 amide bonds. The lowest BCUT2D eigenvalue weighted by Gasteiger charge is -2.23. The van der Waals surface area contributed by atoms with E-state index in [1.165, 1.54) is 4.31 Å². The Morgan fingerprint density at radius 2 is 1.84 bits per heavy atom. The second kappa shape index (κ2) is 8.01. The van der Waals surface area contributed by atoms with Gasteiger partial charge in [-0.25, -0.2) is 13.2 Å². The summed E-state index contributed by atoms with van der Waals surface area (Å²) in [6.07, 6.45) is 8.16. The van der Waals surface area contributed by atoms with Crippen LogP contribution in [0.3, 0.4) is 0 Å². The van der Waals surface area contributed by atoms with Crippen LogP contribution in [-0.4, -0.2) is 25.8 Å². The largest absolute Gasteiger partial charge is 0.507 e. The first-order valence-electron chi connectivity index (χ1n) is 11.4. The monoisotopic (exact) mass is 443 g/mol. The van der Waals surface area contributed by atoms with E-state index in [0.29, 0.717) is 36.4 Å². The smallest absolute Gasteiger partial charge is 0.343 e. The van der Waals surface area contributed by atoms with Crippen molar-refractivity contribution in [1.82, 2.24) is 0 Å². The maximum absolute atomic E-state index is 13.1. The zero-order chi connectivity index (χ0) is 21.6. The van der Waals surface area contributed by atoms with E-state index in [2.05, 4.69) is 0 Å². The molecule has 2 aliphatic carbocycles. The summed E-state index contributed by atoms with van der Waals surface area (Å²) < 4.78 is 32.1. The lowest BCUT2D eigenvalue weighted by molar-refractivity contribution is 0.382. The van der Waals surface area contributed by atoms with Crippen LogP contribution < -0.4 is 9.93 Å². The number of aryl methyl sites for hydroxylation is 1. The predicted molar refractivity (Wildman–Crippen MR) is 119 cm³/mol. The van der Waals surface area contributed by atoms with E-state index in [4.69, 9.17) is 4.42 Å². The summed E-state index contributed by atoms with van der Waals surface area (Å²) in [5.41, 5.74) is 2.20. The van der Waals surface area contributed by atoms with Crippen molar-refractivity contribution in [2.24, 2.45) is 5.92 Å². The fourth-order valence-electron chi connectivity index (χ4n) is 5.20. The molecule has 1 saturated heterocycles. The van der Waals surface area contributed by atoms with Gasteiger partial charge in [-0.1, -0.05) is 25.0 Å². The van der Waals surface area contributed by atoms with E-state index >= 15 is 0 Å². The van der Waals surface area contributed by atoms with Gasteiger partial charge in [0.15, 0.2) is 0 Å². The fourth-order valence-corrected chi connectivity index (χ4v) is 6.76. The third-order valence-corrected chi connectivity index (χ3v) is 8.78. The van der Waals surface area contributed by atoms with Crippen LogP contribution in [0.2, 0.25) is 0 Å². The van der Waals surface area contributed by atoms with Crippen molar-refractivity contribution in [2.75, 3.05) is 16.6 Å². The number of rotatable bonds is 4. The number of sulfonamides is 1. The molecule has 0 radical (unpaired) electrons. The topological polar surface area (TPSA) is 87.8 Å². The zero-order valence-corrected chi connectivity index (χ0v) is 18.5. The normalized spacial score (nSPS) is 21.9. The summed E-state index contributed by atoms with van der Waals surface area (Å²) in [5, 5.41) is 11.2. The molecular formula is C24H29NO5S. The molecule has 5 rings (SSSR count). The predicted octanol–water partition coefficient (Wildman–Crippen LogP) is 4.09. The molecule has 1 unspecified atom stereocenters. The molecule has 1 aliphatic heterocycles. The van der Waals surface area contributed by atoms with Crippen LogP contribution in [0, 0.1) is 5.92 Å². The van der Waals surface area contributed by atoms with Gasteiger partial charge in [-0.2, -0.15) is 0 Å². The molecule has 1 atom stereocenters. The number of anilines is 1. The van der Waals surface area contributed by atoms with Crippen LogP contribution in [0.1, 0.15) is 73.3 Å². The van der Waals surface area contributed by atoms with Crippen LogP contribution in [0.15, 0.2) is 33.5 Å². The summed E-state index contributed by atoms with van der Waals surface area (Å²) in [7, 11) is -3.28. The summed E-state index contributed by atoms with van der Waals surface area (Å²) in [6, 6.07) is 7.46. The first kappa shape index (κ1) is 20.6. The number of nitrogens with zero attached hydrogens (tertiary/aromatic N) is 1. The highest BCUT2D eigenvalue weighted by Crippen LogP contribution is 2.49. The number of fused-ring (bicyclic) bond motifs is 1. The van der Waals surface area contributed by atoms with Crippen LogP contribution in [0.25, 0.3) is 0 Å². The van der Waals surface area contributed by atoms with Crippen molar-refractivity contribution in [3.63, 3.8) is 0 Å². The Hall–Kier alpha value is -2.28. The maximum atomic E-state index is 13.1. The minimum absolute atomic E-state index is 0.101. The molecule has 7 heteroatoms. The molecule has 166 valence electrons. The summed E-state index contributed by atoms with van der Waals surface area (Å²) >= 11 is 0. The van der Waals surface area contributed by atoms with Gasteiger partial charge in [0.1, 0.15) is 11.5 Å². The lowest BCUT2D eigenvalue weighted by Crippen LogP contribution is -2.25. The quantitative estimate of drug-likeness (QED) is 0.769. The van der Waals surface area contributed by atoms with Crippen molar-refractivity contribution < 1.29 is 17.9 Å². The second-order valence-electron chi connectivity index (χ2n) is 9.12. The molecule has 0 bridgehead atoms. The van der Waals surface area contributed by atoms with Gasteiger partial charge in [-0.05, 0) is 62.1 Å². The Balaban J connectivity index is 1.60. The van der Waals surface area contributed by atoms with Gasteiger partial charge in [0.25, 0.3) is 0 Å². The molecular weight excluding hydrogens is 414 g/mol. The van der Waals surface area contributed by atoms with Crippen LogP contribution in [-0.2, 0) is 22.9 Å². The molecule has 2 aromatic rings. The number of hydrogen-bond donors (Lipinski definition) is 1. The fraction of sp³-hybridized carbons (Fsp3) is 0.542. The van der Waals surface area contributed by atoms with Crippen LogP contribution >= 0.6 is 0 Å². The summed E-state index contributed by atoms with van der Waals surface area (Å²) in [6.45, 7) is 0.478. The van der Waals surface area contributed by atoms with Crippen molar-refractivity contribution in [2.45, 2.75) is 63.7 Å². The Morgan fingerprint density at radius 3 is 2.55 bits per heavy atom. The second-order valence-corrected chi connectivity index (χ2v) is 11.1. The average Bonchev–Trinajstić information content (AvgIpc) is 3.48. The Morgan fingerprint density at radius 1 is 1.06 bits per heavy atom. The zero-order valence-electron chi connectivity index (χ0n) is 17.7. The molecule has 1 aromatic heterocycles. The van der Waals surface area contributed by atoms with E-state index in [-0.39, 0.29) is 23.3 Å². The van der Waals surface area contributed by atoms with Crippen molar-refractivity contribution in [1.29, 1.82) is 0 Å². The molecule has 1 N–H and O–H groups in total. The Bertz CT molecular complexity index is 1150. The summed E-state index contributed by atoms with van der Waals surface area (Å²) in [4.78, 5) is 13.1. The molecule has 2 fully saturated rings. The molecule has 1 aromatic carbocycles. The number of aromatic hydroxyl groups is 1. The Labute approximate surface area is 182 Å². The highest BCUT2D eigenvalue weighted by Gasteiger charge is 2.39. The Kier molecular flexibility index (Phi) is 5.32. The van der Waals surface area contributed by atoms with Crippen LogP contribution in [0.5, 0.6) is 5.75 Å². The van der Waals surface area contributed by atoms with Crippen molar-refractivity contribution in [3.05, 3.63) is 57.1 Å². The molecule has 0 spiro atoms. The molecule has 1 saturated carbocycles. The minimum Gasteiger partial charge on any atom is -0.507 e. The first-order valence-corrected chi connectivity index (χ1v) is 13.0. The van der Waals surface area contributed by atoms with Crippen molar-refractivity contribution in [3.8, 4) is 5.75 Å². The third kappa shape index (κ3) is 3.88. The van der Waals surface area contributed by atoms with Crippen LogP contribution in [0.4, 0.5) is 5.69 Å². The molecule has 2 heterocycles. The minimum atomic E-state index is -3.28. The first-order chi connectivity index (χ1) is 15.0. The van der Waals surface area contributed by atoms with Gasteiger partial charge in [-0.3, -0.25) is 4.31 Å². The van der Waals surface area contributed by atoms with Gasteiger partial charge in [-0.15, -0.1) is 0 Å². The van der Waals surface area contributed by atoms with E-state index in [1.807, 2.05) is 18.2 Å². The molecule has 31 heavy (non-hydrogen) atoms. The van der Waals surface area contributed by atoms with Gasteiger partial charge in [0, 0.05) is 24.4 Å². The number of hydrogen-bond acceptors (Lipinski definition) is 5. The lowest BCUT2D eigenvalue weighted by atomic mass is 9.85. The SMILES string of the molecule is O=c1oc2c(c(O)c1C(c1cccc(N3CCCS3(=O)=O)c1)C1CC1)CCCCCC2. The van der Waals surface area contributed by atoms with Crippen molar-refractivity contribution >= 4 is 15.7 Å². The maximum Gasteiger partial charge on any atom is 0.343 e. The average molecular weight is 444 g/mol. The highest BCUT2D eigenvalue weighted by atomic mass is 32.2. The van der Waals surface area contributed by atoms with E-state index in [0.717, 1.165) is 56.1 Å². The van der Waals surface area contributed by atoms with Gasteiger partial charge >= 0.3 is 5.63 Å². The van der Waals surface area contributed by atoms with E-state index in [9.17, 15) is 18.3 Å². The van der Waals surface area contributed by atoms with Gasteiger partial charge in [0.05, 0.1) is 17.0 Å².